The van der Waals surface area contributed by atoms with Gasteiger partial charge in [0.25, 0.3) is 9.05 Å². The minimum absolute atomic E-state index is 0.000394. The summed E-state index contributed by atoms with van der Waals surface area (Å²) < 4.78 is 96.4. The van der Waals surface area contributed by atoms with Gasteiger partial charge in [0.05, 0.1) is 10.5 Å². The Morgan fingerprint density at radius 1 is 1.00 bits per heavy atom. The highest BCUT2D eigenvalue weighted by atomic mass is 35.7. The van der Waals surface area contributed by atoms with E-state index < -0.39 is 43.2 Å². The molecule has 3 nitrogen and oxygen atoms in total. The molecule has 0 saturated carbocycles. The smallest absolute Gasteiger partial charge is 0.420 e. The van der Waals surface area contributed by atoms with Crippen molar-refractivity contribution < 1.29 is 39.9 Å². The Morgan fingerprint density at radius 2 is 1.47 bits per heavy atom. The quantitative estimate of drug-likeness (QED) is 0.635. The van der Waals surface area contributed by atoms with Crippen molar-refractivity contribution in [3.63, 3.8) is 0 Å². The van der Waals surface area contributed by atoms with Crippen molar-refractivity contribution in [2.45, 2.75) is 17.2 Å². The molecule has 0 unspecified atom stereocenters. The van der Waals surface area contributed by atoms with E-state index in [2.05, 4.69) is 0 Å². The summed E-state index contributed by atoms with van der Waals surface area (Å²) in [6, 6.07) is -0.286. The zero-order chi connectivity index (χ0) is 15.2. The molecule has 0 saturated heterocycles. The Morgan fingerprint density at radius 3 is 1.79 bits per heavy atom. The summed E-state index contributed by atoms with van der Waals surface area (Å²) >= 11 is 0. The highest BCUT2D eigenvalue weighted by Crippen LogP contribution is 2.45. The van der Waals surface area contributed by atoms with Crippen molar-refractivity contribution in [2.24, 2.45) is 0 Å². The Balaban J connectivity index is 3.78. The van der Waals surface area contributed by atoms with Gasteiger partial charge in [-0.1, -0.05) is 0 Å². The topological polar surface area (TPSA) is 54.4 Å². The van der Waals surface area contributed by atoms with Crippen LogP contribution in [0, 0.1) is 0 Å². The molecule has 0 aliphatic carbocycles. The van der Waals surface area contributed by atoms with Crippen LogP contribution >= 0.6 is 10.7 Å². The fourth-order valence-corrected chi connectivity index (χ4v) is 2.04. The van der Waals surface area contributed by atoms with Gasteiger partial charge in [-0.15, -0.1) is 0 Å². The fourth-order valence-electron chi connectivity index (χ4n) is 1.26. The molecular formula is C8H3ClF6O3S. The molecule has 0 heterocycles. The van der Waals surface area contributed by atoms with Crippen LogP contribution in [0.15, 0.2) is 17.0 Å². The van der Waals surface area contributed by atoms with Crippen molar-refractivity contribution in [1.29, 1.82) is 0 Å². The Kier molecular flexibility index (Phi) is 3.72. The Bertz CT molecular complexity index is 604. The monoisotopic (exact) mass is 328 g/mol. The van der Waals surface area contributed by atoms with E-state index in [1.165, 1.54) is 0 Å². The summed E-state index contributed by atoms with van der Waals surface area (Å²) in [7, 11) is 0.00623. The van der Waals surface area contributed by atoms with Gasteiger partial charge < -0.3 is 5.11 Å². The number of phenolic OH excluding ortho intramolecular Hbond substituents is 1. The summed E-state index contributed by atoms with van der Waals surface area (Å²) in [5.74, 6) is -1.87. The molecule has 1 aromatic carbocycles. The summed E-state index contributed by atoms with van der Waals surface area (Å²) in [4.78, 5) is -1.29. The van der Waals surface area contributed by atoms with Crippen molar-refractivity contribution in [1.82, 2.24) is 0 Å². The van der Waals surface area contributed by atoms with Crippen LogP contribution in [0.2, 0.25) is 0 Å². The predicted octanol–water partition coefficient (Wildman–Crippen LogP) is 3.36. The SMILES string of the molecule is O=S(=O)(Cl)c1cc(O)c(C(F)(F)F)c(C(F)(F)F)c1. The second kappa shape index (κ2) is 4.44. The van der Waals surface area contributed by atoms with Gasteiger partial charge in [-0.25, -0.2) is 8.42 Å². The molecule has 0 aliphatic heterocycles. The molecule has 1 N–H and O–H groups in total. The lowest BCUT2D eigenvalue weighted by Crippen LogP contribution is -2.17. The molecule has 1 rings (SSSR count). The number of alkyl halides is 6. The van der Waals surface area contributed by atoms with E-state index in [1.54, 1.807) is 0 Å². The molecule has 0 fully saturated rings. The minimum Gasteiger partial charge on any atom is -0.507 e. The summed E-state index contributed by atoms with van der Waals surface area (Å²) in [5.41, 5.74) is -4.71. The number of phenols is 1. The lowest BCUT2D eigenvalue weighted by atomic mass is 10.1. The lowest BCUT2D eigenvalue weighted by Gasteiger charge is -2.17. The van der Waals surface area contributed by atoms with E-state index in [9.17, 15) is 34.8 Å². The number of hydrogen-bond acceptors (Lipinski definition) is 3. The van der Waals surface area contributed by atoms with Crippen molar-refractivity contribution in [3.05, 3.63) is 23.3 Å². The molecule has 108 valence electrons. The molecule has 1 aromatic rings. The molecule has 0 aliphatic rings. The van der Waals surface area contributed by atoms with Crippen LogP contribution in [0.4, 0.5) is 26.3 Å². The molecule has 11 heteroatoms. The number of benzene rings is 1. The van der Waals surface area contributed by atoms with Crippen molar-refractivity contribution in [3.8, 4) is 5.75 Å². The van der Waals surface area contributed by atoms with Crippen molar-refractivity contribution in [2.75, 3.05) is 0 Å². The van der Waals surface area contributed by atoms with Crippen LogP contribution < -0.4 is 0 Å². The molecule has 19 heavy (non-hydrogen) atoms. The average Bonchev–Trinajstić information content (AvgIpc) is 2.11. The van der Waals surface area contributed by atoms with Gasteiger partial charge in [0.1, 0.15) is 11.3 Å². The normalized spacial score (nSPS) is 13.6. The first-order valence-electron chi connectivity index (χ1n) is 4.20. The van der Waals surface area contributed by atoms with Gasteiger partial charge in [0, 0.05) is 16.7 Å². The van der Waals surface area contributed by atoms with Crippen molar-refractivity contribution >= 4 is 19.7 Å². The van der Waals surface area contributed by atoms with E-state index in [-0.39, 0.29) is 12.1 Å². The first kappa shape index (κ1) is 15.9. The number of rotatable bonds is 1. The zero-order valence-electron chi connectivity index (χ0n) is 8.47. The third kappa shape index (κ3) is 3.44. The highest BCUT2D eigenvalue weighted by molar-refractivity contribution is 8.13. The van der Waals surface area contributed by atoms with Gasteiger partial charge in [-0.05, 0) is 6.07 Å². The van der Waals surface area contributed by atoms with Gasteiger partial charge >= 0.3 is 12.4 Å². The van der Waals surface area contributed by atoms with Crippen LogP contribution in [0.5, 0.6) is 5.75 Å². The number of hydrogen-bond donors (Lipinski definition) is 1. The van der Waals surface area contributed by atoms with Gasteiger partial charge in [0.15, 0.2) is 0 Å². The van der Waals surface area contributed by atoms with Crippen LogP contribution in [0.1, 0.15) is 11.1 Å². The van der Waals surface area contributed by atoms with Crippen LogP contribution in [-0.2, 0) is 21.4 Å². The van der Waals surface area contributed by atoms with E-state index in [4.69, 9.17) is 15.8 Å². The second-order valence-electron chi connectivity index (χ2n) is 3.30. The van der Waals surface area contributed by atoms with Crippen LogP contribution in [0.3, 0.4) is 0 Å². The molecule has 0 aromatic heterocycles. The summed E-state index contributed by atoms with van der Waals surface area (Å²) in [6.07, 6.45) is -11.0. The van der Waals surface area contributed by atoms with E-state index in [1.807, 2.05) is 0 Å². The first-order valence-corrected chi connectivity index (χ1v) is 6.51. The standard InChI is InChI=1S/C8H3ClF6O3S/c9-19(17,18)3-1-4(7(10,11)12)6(5(16)2-3)8(13,14)15/h1-2,16H. The molecular weight excluding hydrogens is 326 g/mol. The maximum absolute atomic E-state index is 12.5. The largest absolute Gasteiger partial charge is 0.507 e. The summed E-state index contributed by atoms with van der Waals surface area (Å²) in [5, 5.41) is 8.99. The molecule has 0 atom stereocenters. The number of aromatic hydroxyl groups is 1. The number of halogens is 7. The van der Waals surface area contributed by atoms with Gasteiger partial charge in [-0.2, -0.15) is 26.3 Å². The lowest BCUT2D eigenvalue weighted by molar-refractivity contribution is -0.163. The predicted molar refractivity (Wildman–Crippen MR) is 51.1 cm³/mol. The molecule has 0 bridgehead atoms. The molecule has 0 amide bonds. The second-order valence-corrected chi connectivity index (χ2v) is 5.86. The Labute approximate surface area is 106 Å². The van der Waals surface area contributed by atoms with E-state index >= 15 is 0 Å². The third-order valence-electron chi connectivity index (χ3n) is 1.96. The zero-order valence-corrected chi connectivity index (χ0v) is 10.0. The maximum Gasteiger partial charge on any atom is 0.420 e. The third-order valence-corrected chi connectivity index (χ3v) is 3.29. The Hall–Kier alpha value is -1.16. The van der Waals surface area contributed by atoms with Crippen LogP contribution in [0.25, 0.3) is 0 Å². The van der Waals surface area contributed by atoms with E-state index in [0.717, 1.165) is 0 Å². The highest BCUT2D eigenvalue weighted by Gasteiger charge is 2.46. The fraction of sp³-hybridized carbons (Fsp3) is 0.250. The minimum atomic E-state index is -5.51. The van der Waals surface area contributed by atoms with Gasteiger partial charge in [-0.3, -0.25) is 0 Å². The first-order chi connectivity index (χ1) is 8.24. The molecule has 0 radical (unpaired) electrons. The van der Waals surface area contributed by atoms with Gasteiger partial charge in [0.2, 0.25) is 0 Å². The summed E-state index contributed by atoms with van der Waals surface area (Å²) in [6.45, 7) is 0. The van der Waals surface area contributed by atoms with E-state index in [0.29, 0.717) is 0 Å². The molecule has 0 spiro atoms. The average molecular weight is 329 g/mol. The maximum atomic E-state index is 12.5. The van der Waals surface area contributed by atoms with Crippen LogP contribution in [-0.4, -0.2) is 13.5 Å².